The number of aromatic nitrogens is 1. The van der Waals surface area contributed by atoms with Crippen molar-refractivity contribution < 1.29 is 4.79 Å². The van der Waals surface area contributed by atoms with Crippen molar-refractivity contribution in [1.29, 1.82) is 0 Å². The van der Waals surface area contributed by atoms with Crippen LogP contribution < -0.4 is 5.32 Å². The van der Waals surface area contributed by atoms with E-state index in [1.807, 2.05) is 0 Å². The van der Waals surface area contributed by atoms with Gasteiger partial charge in [0.05, 0.1) is 10.6 Å². The third-order valence-corrected chi connectivity index (χ3v) is 5.33. The maximum absolute atomic E-state index is 12.1. The molecule has 0 saturated heterocycles. The third-order valence-electron chi connectivity index (χ3n) is 3.84. The number of pyridine rings is 1. The molecule has 0 aromatic carbocycles. The van der Waals surface area contributed by atoms with Gasteiger partial charge in [-0.25, -0.2) is 0 Å². The smallest absolute Gasteiger partial charge is 0.252 e. The highest BCUT2D eigenvalue weighted by Crippen LogP contribution is 2.37. The second-order valence-electron chi connectivity index (χ2n) is 5.23. The zero-order chi connectivity index (χ0) is 13.7. The molecule has 3 nitrogen and oxygen atoms in total. The lowest BCUT2D eigenvalue weighted by atomic mass is 9.75. The largest absolute Gasteiger partial charge is 0.351 e. The zero-order valence-corrected chi connectivity index (χ0v) is 13.1. The first-order valence-electron chi connectivity index (χ1n) is 6.61. The monoisotopic (exact) mass is 344 g/mol. The van der Waals surface area contributed by atoms with Crippen molar-refractivity contribution >= 4 is 33.4 Å². The van der Waals surface area contributed by atoms with Crippen molar-refractivity contribution in [2.75, 3.05) is 11.9 Å². The minimum atomic E-state index is -0.113. The molecule has 1 aliphatic rings. The first kappa shape index (κ1) is 14.8. The van der Waals surface area contributed by atoms with E-state index in [9.17, 15) is 4.79 Å². The fourth-order valence-corrected chi connectivity index (χ4v) is 3.55. The van der Waals surface area contributed by atoms with Gasteiger partial charge in [-0.2, -0.15) is 0 Å². The Morgan fingerprint density at radius 1 is 1.42 bits per heavy atom. The molecule has 0 aliphatic heterocycles. The molecule has 1 N–H and O–H groups in total. The van der Waals surface area contributed by atoms with E-state index < -0.39 is 0 Å². The zero-order valence-electron chi connectivity index (χ0n) is 10.8. The molecule has 0 radical (unpaired) electrons. The lowest BCUT2D eigenvalue weighted by molar-refractivity contribution is 0.0922. The molecule has 1 aromatic rings. The number of halogens is 2. The standard InChI is InChI=1S/C14H18BrClN2O/c15-9-14(5-2-1-3-6-14)10-18-13(19)11-4-7-17-8-12(11)16/h4,7-8H,1-3,5-6,9-10H2,(H,18,19). The molecular formula is C14H18BrClN2O. The quantitative estimate of drug-likeness (QED) is 0.843. The van der Waals surface area contributed by atoms with Crippen LogP contribution in [0.2, 0.25) is 5.02 Å². The molecule has 0 atom stereocenters. The Bertz CT molecular complexity index is 447. The van der Waals surface area contributed by atoms with Gasteiger partial charge in [-0.15, -0.1) is 0 Å². The van der Waals surface area contributed by atoms with Gasteiger partial charge in [0.15, 0.2) is 0 Å². The summed E-state index contributed by atoms with van der Waals surface area (Å²) in [7, 11) is 0. The molecule has 0 unspecified atom stereocenters. The average Bonchev–Trinajstić information content (AvgIpc) is 2.46. The number of carbonyl (C=O) groups excluding carboxylic acids is 1. The van der Waals surface area contributed by atoms with E-state index in [0.29, 0.717) is 17.1 Å². The molecular weight excluding hydrogens is 328 g/mol. The Morgan fingerprint density at radius 3 is 2.79 bits per heavy atom. The van der Waals surface area contributed by atoms with Gasteiger partial charge < -0.3 is 5.32 Å². The third kappa shape index (κ3) is 3.69. The van der Waals surface area contributed by atoms with Crippen LogP contribution in [-0.4, -0.2) is 22.8 Å². The van der Waals surface area contributed by atoms with Crippen molar-refractivity contribution in [2.24, 2.45) is 5.41 Å². The lowest BCUT2D eigenvalue weighted by Gasteiger charge is -2.35. The Labute approximate surface area is 127 Å². The van der Waals surface area contributed by atoms with Gasteiger partial charge in [0.1, 0.15) is 0 Å². The van der Waals surface area contributed by atoms with Crippen LogP contribution in [0.15, 0.2) is 18.5 Å². The number of nitrogens with one attached hydrogen (secondary N) is 1. The minimum Gasteiger partial charge on any atom is -0.351 e. The van der Waals surface area contributed by atoms with Gasteiger partial charge in [-0.1, -0.05) is 46.8 Å². The molecule has 0 bridgehead atoms. The maximum Gasteiger partial charge on any atom is 0.252 e. The maximum atomic E-state index is 12.1. The number of alkyl halides is 1. The van der Waals surface area contributed by atoms with Crippen LogP contribution in [0.4, 0.5) is 0 Å². The molecule has 1 saturated carbocycles. The first-order valence-corrected chi connectivity index (χ1v) is 8.10. The van der Waals surface area contributed by atoms with Crippen molar-refractivity contribution in [3.05, 3.63) is 29.0 Å². The van der Waals surface area contributed by atoms with Crippen molar-refractivity contribution in [2.45, 2.75) is 32.1 Å². The fourth-order valence-electron chi connectivity index (χ4n) is 2.58. The summed E-state index contributed by atoms with van der Waals surface area (Å²) >= 11 is 9.58. The molecule has 104 valence electrons. The lowest BCUT2D eigenvalue weighted by Crippen LogP contribution is -2.40. The molecule has 5 heteroatoms. The van der Waals surface area contributed by atoms with Gasteiger partial charge >= 0.3 is 0 Å². The van der Waals surface area contributed by atoms with Gasteiger partial charge in [0.25, 0.3) is 5.91 Å². The molecule has 19 heavy (non-hydrogen) atoms. The topological polar surface area (TPSA) is 42.0 Å². The molecule has 2 rings (SSSR count). The van der Waals surface area contributed by atoms with Gasteiger partial charge in [0, 0.05) is 24.3 Å². The fraction of sp³-hybridized carbons (Fsp3) is 0.571. The van der Waals surface area contributed by atoms with Crippen molar-refractivity contribution in [1.82, 2.24) is 10.3 Å². The predicted molar refractivity (Wildman–Crippen MR) is 80.9 cm³/mol. The minimum absolute atomic E-state index is 0.113. The summed E-state index contributed by atoms with van der Waals surface area (Å²) < 4.78 is 0. The summed E-state index contributed by atoms with van der Waals surface area (Å²) in [6.45, 7) is 0.704. The van der Waals surface area contributed by atoms with E-state index in [-0.39, 0.29) is 11.3 Å². The summed E-state index contributed by atoms with van der Waals surface area (Å²) in [5.41, 5.74) is 0.699. The van der Waals surface area contributed by atoms with E-state index in [2.05, 4.69) is 26.2 Å². The number of amides is 1. The molecule has 1 aliphatic carbocycles. The van der Waals surface area contributed by atoms with Crippen LogP contribution in [0.25, 0.3) is 0 Å². The van der Waals surface area contributed by atoms with E-state index in [1.165, 1.54) is 38.3 Å². The number of hydrogen-bond donors (Lipinski definition) is 1. The number of nitrogens with zero attached hydrogens (tertiary/aromatic N) is 1. The van der Waals surface area contributed by atoms with Crippen LogP contribution in [0.1, 0.15) is 42.5 Å². The Hall–Kier alpha value is -0.610. The second kappa shape index (κ2) is 6.71. The summed E-state index contributed by atoms with van der Waals surface area (Å²) in [4.78, 5) is 16.0. The normalized spacial score (nSPS) is 18.0. The van der Waals surface area contributed by atoms with E-state index >= 15 is 0 Å². The summed E-state index contributed by atoms with van der Waals surface area (Å²) in [6, 6.07) is 1.65. The molecule has 1 aromatic heterocycles. The van der Waals surface area contributed by atoms with E-state index in [1.54, 1.807) is 12.3 Å². The predicted octanol–water partition coefficient (Wildman–Crippen LogP) is 3.81. The first-order chi connectivity index (χ1) is 9.17. The highest BCUT2D eigenvalue weighted by molar-refractivity contribution is 9.09. The van der Waals surface area contributed by atoms with Crippen LogP contribution in [-0.2, 0) is 0 Å². The summed E-state index contributed by atoms with van der Waals surface area (Å²) in [6.07, 6.45) is 9.22. The molecule has 1 fully saturated rings. The SMILES string of the molecule is O=C(NCC1(CBr)CCCCC1)c1ccncc1Cl. The van der Waals surface area contributed by atoms with E-state index in [4.69, 9.17) is 11.6 Å². The Balaban J connectivity index is 1.98. The Kier molecular flexibility index (Phi) is 5.22. The van der Waals surface area contributed by atoms with Gasteiger partial charge in [-0.05, 0) is 24.3 Å². The molecule has 1 heterocycles. The number of carbonyl (C=O) groups is 1. The highest BCUT2D eigenvalue weighted by atomic mass is 79.9. The number of rotatable bonds is 4. The molecule has 1 amide bonds. The van der Waals surface area contributed by atoms with Crippen molar-refractivity contribution in [3.63, 3.8) is 0 Å². The summed E-state index contributed by atoms with van der Waals surface area (Å²) in [5, 5.41) is 4.35. The second-order valence-corrected chi connectivity index (χ2v) is 6.20. The molecule has 0 spiro atoms. The van der Waals surface area contributed by atoms with Crippen LogP contribution >= 0.6 is 27.5 Å². The highest BCUT2D eigenvalue weighted by Gasteiger charge is 2.31. The van der Waals surface area contributed by atoms with Gasteiger partial charge in [-0.3, -0.25) is 9.78 Å². The summed E-state index contributed by atoms with van der Waals surface area (Å²) in [5.74, 6) is -0.113. The average molecular weight is 346 g/mol. The van der Waals surface area contributed by atoms with Crippen LogP contribution in [0.3, 0.4) is 0 Å². The van der Waals surface area contributed by atoms with E-state index in [0.717, 1.165) is 5.33 Å². The van der Waals surface area contributed by atoms with Crippen molar-refractivity contribution in [3.8, 4) is 0 Å². The Morgan fingerprint density at radius 2 is 2.16 bits per heavy atom. The van der Waals surface area contributed by atoms with Crippen LogP contribution in [0, 0.1) is 5.41 Å². The van der Waals surface area contributed by atoms with Crippen LogP contribution in [0.5, 0.6) is 0 Å². The number of hydrogen-bond acceptors (Lipinski definition) is 2. The van der Waals surface area contributed by atoms with Gasteiger partial charge in [0.2, 0.25) is 0 Å².